The van der Waals surface area contributed by atoms with Crippen molar-refractivity contribution in [2.75, 3.05) is 5.33 Å². The Morgan fingerprint density at radius 1 is 1.57 bits per heavy atom. The number of Topliss-reactive ketones (excluding diaryl/α,β-unsaturated/α-hetero) is 1. The molecule has 3 heteroatoms. The Balaban J connectivity index is 2.50. The van der Waals surface area contributed by atoms with E-state index in [0.717, 1.165) is 18.2 Å². The van der Waals surface area contributed by atoms with Crippen LogP contribution in [0.1, 0.15) is 33.1 Å². The van der Waals surface area contributed by atoms with Gasteiger partial charge in [-0.2, -0.15) is 0 Å². The van der Waals surface area contributed by atoms with Gasteiger partial charge in [-0.15, -0.1) is 0 Å². The van der Waals surface area contributed by atoms with Crippen molar-refractivity contribution in [1.29, 1.82) is 0 Å². The molecule has 2 aliphatic rings. The molecule has 0 spiro atoms. The van der Waals surface area contributed by atoms with Crippen LogP contribution in [0.3, 0.4) is 0 Å². The summed E-state index contributed by atoms with van der Waals surface area (Å²) in [6.45, 7) is 4.39. The third-order valence-electron chi connectivity index (χ3n) is 4.78. The third-order valence-corrected chi connectivity index (χ3v) is 6.84. The molecule has 2 fully saturated rings. The Labute approximate surface area is 102 Å². The standard InChI is InChI=1S/C11H16Br2O/c1-3-11(6-12)7-4-5-10(11,2)9(14)8(7)13/h7-8H,3-6H2,1-2H3/t7-,8+,10-,11+/m0/s1. The number of alkyl halides is 2. The Kier molecular flexibility index (Phi) is 2.63. The van der Waals surface area contributed by atoms with Crippen LogP contribution < -0.4 is 0 Å². The van der Waals surface area contributed by atoms with Crippen LogP contribution in [0.5, 0.6) is 0 Å². The molecule has 0 unspecified atom stereocenters. The molecule has 1 nitrogen and oxygen atoms in total. The largest absolute Gasteiger partial charge is 0.298 e. The van der Waals surface area contributed by atoms with E-state index in [4.69, 9.17) is 0 Å². The van der Waals surface area contributed by atoms with Crippen LogP contribution in [0.15, 0.2) is 0 Å². The number of hydrogen-bond donors (Lipinski definition) is 0. The lowest BCUT2D eigenvalue weighted by Crippen LogP contribution is -2.38. The van der Waals surface area contributed by atoms with Gasteiger partial charge in [0.15, 0.2) is 5.78 Å². The maximum absolute atomic E-state index is 12.2. The predicted octanol–water partition coefficient (Wildman–Crippen LogP) is 3.54. The molecule has 0 N–H and O–H groups in total. The minimum absolute atomic E-state index is 0.0793. The minimum atomic E-state index is -0.0793. The molecule has 0 heterocycles. The highest BCUT2D eigenvalue weighted by molar-refractivity contribution is 9.10. The average Bonchev–Trinajstić information content (AvgIpc) is 2.56. The van der Waals surface area contributed by atoms with Crippen molar-refractivity contribution >= 4 is 37.6 Å². The maximum Gasteiger partial charge on any atom is 0.153 e. The number of ketones is 1. The SMILES string of the molecule is CC[C@@]1(CBr)[C@H]2CC[C@@]1(C)C(=O)[C@@H]2Br. The van der Waals surface area contributed by atoms with Crippen molar-refractivity contribution in [3.8, 4) is 0 Å². The van der Waals surface area contributed by atoms with Crippen LogP contribution in [0, 0.1) is 16.7 Å². The lowest BCUT2D eigenvalue weighted by Gasteiger charge is -2.37. The van der Waals surface area contributed by atoms with Crippen molar-refractivity contribution < 1.29 is 4.79 Å². The first kappa shape index (κ1) is 11.1. The quantitative estimate of drug-likeness (QED) is 0.710. The summed E-state index contributed by atoms with van der Waals surface area (Å²) in [5.41, 5.74) is 0.127. The molecule has 0 aromatic rings. The van der Waals surface area contributed by atoms with Gasteiger partial charge in [0.1, 0.15) is 0 Å². The molecule has 2 rings (SSSR count). The van der Waals surface area contributed by atoms with Crippen LogP contribution in [0.4, 0.5) is 0 Å². The zero-order chi connectivity index (χ0) is 10.6. The second-order valence-electron chi connectivity index (χ2n) is 4.89. The van der Waals surface area contributed by atoms with Crippen LogP contribution in [-0.4, -0.2) is 15.9 Å². The molecule has 0 aromatic heterocycles. The molecule has 2 aliphatic carbocycles. The normalized spacial score (nSPS) is 51.6. The summed E-state index contributed by atoms with van der Waals surface area (Å²) in [6.07, 6.45) is 3.39. The zero-order valence-corrected chi connectivity index (χ0v) is 11.8. The summed E-state index contributed by atoms with van der Waals surface area (Å²) < 4.78 is 0. The molecule has 2 saturated carbocycles. The second-order valence-corrected chi connectivity index (χ2v) is 6.43. The summed E-state index contributed by atoms with van der Waals surface area (Å²) in [5.74, 6) is 0.986. The van der Waals surface area contributed by atoms with Gasteiger partial charge in [-0.1, -0.05) is 45.7 Å². The Morgan fingerprint density at radius 3 is 2.50 bits per heavy atom. The van der Waals surface area contributed by atoms with Crippen molar-refractivity contribution in [2.45, 2.75) is 37.9 Å². The average molecular weight is 324 g/mol. The Morgan fingerprint density at radius 2 is 2.21 bits per heavy atom. The summed E-state index contributed by atoms with van der Waals surface area (Å²) >= 11 is 7.21. The van der Waals surface area contributed by atoms with E-state index in [1.807, 2.05) is 0 Å². The molecule has 0 radical (unpaired) electrons. The number of fused-ring (bicyclic) bond motifs is 2. The smallest absolute Gasteiger partial charge is 0.153 e. The molecular formula is C11H16Br2O. The third kappa shape index (κ3) is 0.986. The summed E-state index contributed by atoms with van der Waals surface area (Å²) in [4.78, 5) is 12.3. The number of hydrogen-bond acceptors (Lipinski definition) is 1. The van der Waals surface area contributed by atoms with Crippen LogP contribution >= 0.6 is 31.9 Å². The fourth-order valence-electron chi connectivity index (χ4n) is 3.65. The monoisotopic (exact) mass is 322 g/mol. The van der Waals surface area contributed by atoms with E-state index < -0.39 is 0 Å². The molecule has 80 valence electrons. The van der Waals surface area contributed by atoms with E-state index in [9.17, 15) is 4.79 Å². The van der Waals surface area contributed by atoms with Crippen molar-refractivity contribution in [3.63, 3.8) is 0 Å². The van der Waals surface area contributed by atoms with Gasteiger partial charge in [-0.3, -0.25) is 4.79 Å². The first-order valence-electron chi connectivity index (χ1n) is 5.28. The van der Waals surface area contributed by atoms with Gasteiger partial charge >= 0.3 is 0 Å². The molecule has 4 atom stereocenters. The van der Waals surface area contributed by atoms with Crippen LogP contribution in [0.2, 0.25) is 0 Å². The fourth-order valence-corrected chi connectivity index (χ4v) is 6.36. The van der Waals surface area contributed by atoms with E-state index >= 15 is 0 Å². The lowest BCUT2D eigenvalue weighted by molar-refractivity contribution is -0.128. The van der Waals surface area contributed by atoms with Gasteiger partial charge in [-0.05, 0) is 30.6 Å². The number of carbonyl (C=O) groups excluding carboxylic acids is 1. The van der Waals surface area contributed by atoms with Gasteiger partial charge in [0, 0.05) is 10.7 Å². The molecular weight excluding hydrogens is 308 g/mol. The predicted molar refractivity (Wildman–Crippen MR) is 65.1 cm³/mol. The molecule has 2 bridgehead atoms. The molecule has 14 heavy (non-hydrogen) atoms. The highest BCUT2D eigenvalue weighted by Crippen LogP contribution is 2.67. The second kappa shape index (κ2) is 3.31. The fraction of sp³-hybridized carbons (Fsp3) is 0.909. The summed E-state index contributed by atoms with van der Waals surface area (Å²) in [7, 11) is 0. The maximum atomic E-state index is 12.2. The zero-order valence-electron chi connectivity index (χ0n) is 8.65. The molecule has 0 amide bonds. The highest BCUT2D eigenvalue weighted by Gasteiger charge is 2.68. The molecule has 0 aliphatic heterocycles. The van der Waals surface area contributed by atoms with E-state index in [1.165, 1.54) is 6.42 Å². The van der Waals surface area contributed by atoms with Gasteiger partial charge in [0.25, 0.3) is 0 Å². The van der Waals surface area contributed by atoms with Gasteiger partial charge in [0.2, 0.25) is 0 Å². The Hall–Kier alpha value is 0.630. The molecule has 0 aromatic carbocycles. The van der Waals surface area contributed by atoms with Crippen LogP contribution in [-0.2, 0) is 4.79 Å². The van der Waals surface area contributed by atoms with Gasteiger partial charge in [0.05, 0.1) is 4.83 Å². The number of carbonyl (C=O) groups is 1. The van der Waals surface area contributed by atoms with E-state index in [2.05, 4.69) is 45.7 Å². The topological polar surface area (TPSA) is 17.1 Å². The first-order valence-corrected chi connectivity index (χ1v) is 7.31. The van der Waals surface area contributed by atoms with Crippen molar-refractivity contribution in [1.82, 2.24) is 0 Å². The summed E-state index contributed by atoms with van der Waals surface area (Å²) in [5, 5.41) is 0.964. The van der Waals surface area contributed by atoms with E-state index in [0.29, 0.717) is 11.7 Å². The highest BCUT2D eigenvalue weighted by atomic mass is 79.9. The van der Waals surface area contributed by atoms with Gasteiger partial charge < -0.3 is 0 Å². The van der Waals surface area contributed by atoms with E-state index in [-0.39, 0.29) is 15.7 Å². The minimum Gasteiger partial charge on any atom is -0.298 e. The van der Waals surface area contributed by atoms with Crippen LogP contribution in [0.25, 0.3) is 0 Å². The number of halogens is 2. The number of rotatable bonds is 2. The Bertz CT molecular complexity index is 272. The van der Waals surface area contributed by atoms with Gasteiger partial charge in [-0.25, -0.2) is 0 Å². The molecule has 0 saturated heterocycles. The summed E-state index contributed by atoms with van der Waals surface area (Å²) in [6, 6.07) is 0. The van der Waals surface area contributed by atoms with Crippen molar-refractivity contribution in [2.24, 2.45) is 16.7 Å². The van der Waals surface area contributed by atoms with Crippen molar-refractivity contribution in [3.05, 3.63) is 0 Å². The van der Waals surface area contributed by atoms with E-state index in [1.54, 1.807) is 0 Å². The first-order chi connectivity index (χ1) is 6.53. The lowest BCUT2D eigenvalue weighted by atomic mass is 9.67.